The fraction of sp³-hybridized carbons (Fsp3) is 0.385. The van der Waals surface area contributed by atoms with Crippen LogP contribution in [0, 0.1) is 13.8 Å². The summed E-state index contributed by atoms with van der Waals surface area (Å²) in [6, 6.07) is 19.9. The van der Waals surface area contributed by atoms with Gasteiger partial charge in [0.25, 0.3) is 0 Å². The molecular weight excluding hydrogens is 400 g/mol. The van der Waals surface area contributed by atoms with Crippen LogP contribution >= 0.6 is 12.2 Å². The molecule has 3 aromatic rings. The molecule has 1 aliphatic heterocycles. The van der Waals surface area contributed by atoms with Crippen LogP contribution in [0.5, 0.6) is 0 Å². The lowest BCUT2D eigenvalue weighted by molar-refractivity contribution is 0.309. The van der Waals surface area contributed by atoms with Gasteiger partial charge >= 0.3 is 0 Å². The Morgan fingerprint density at radius 1 is 1.03 bits per heavy atom. The van der Waals surface area contributed by atoms with Crippen LogP contribution in [0.2, 0.25) is 0 Å². The lowest BCUT2D eigenvalue weighted by atomic mass is 9.96. The van der Waals surface area contributed by atoms with Crippen LogP contribution in [0.3, 0.4) is 0 Å². The number of aromatic nitrogens is 2. The topological polar surface area (TPSA) is 33.1 Å². The first kappa shape index (κ1) is 20.3. The van der Waals surface area contributed by atoms with Gasteiger partial charge in [-0.1, -0.05) is 49.2 Å². The predicted octanol–water partition coefficient (Wildman–Crippen LogP) is 5.79. The molecule has 5 rings (SSSR count). The van der Waals surface area contributed by atoms with E-state index in [2.05, 4.69) is 77.2 Å². The van der Waals surface area contributed by atoms with Gasteiger partial charge in [-0.3, -0.25) is 4.98 Å². The maximum Gasteiger partial charge on any atom is 0.170 e. The largest absolute Gasteiger partial charge is 0.352 e. The van der Waals surface area contributed by atoms with Crippen molar-refractivity contribution in [3.05, 3.63) is 89.0 Å². The quantitative estimate of drug-likeness (QED) is 0.520. The summed E-state index contributed by atoms with van der Waals surface area (Å²) in [6.45, 7) is 5.33. The second kappa shape index (κ2) is 8.46. The van der Waals surface area contributed by atoms with E-state index in [1.54, 1.807) is 0 Å². The molecule has 4 nitrogen and oxygen atoms in total. The third-order valence-electron chi connectivity index (χ3n) is 6.93. The zero-order chi connectivity index (χ0) is 21.4. The van der Waals surface area contributed by atoms with E-state index in [-0.39, 0.29) is 12.1 Å². The molecule has 0 radical (unpaired) electrons. The van der Waals surface area contributed by atoms with E-state index in [0.717, 1.165) is 17.4 Å². The van der Waals surface area contributed by atoms with Gasteiger partial charge in [0.1, 0.15) is 0 Å². The number of nitrogens with one attached hydrogen (secondary N) is 1. The zero-order valence-corrected chi connectivity index (χ0v) is 19.1. The highest BCUT2D eigenvalue weighted by atomic mass is 32.1. The van der Waals surface area contributed by atoms with Gasteiger partial charge in [-0.05, 0) is 68.2 Å². The van der Waals surface area contributed by atoms with Crippen LogP contribution < -0.4 is 5.32 Å². The van der Waals surface area contributed by atoms with E-state index in [4.69, 9.17) is 17.2 Å². The highest BCUT2D eigenvalue weighted by molar-refractivity contribution is 7.80. The number of pyridine rings is 1. The number of nitrogens with zero attached hydrogens (tertiary/aromatic N) is 3. The summed E-state index contributed by atoms with van der Waals surface area (Å²) in [5.41, 5.74) is 6.40. The van der Waals surface area contributed by atoms with Crippen LogP contribution in [0.4, 0.5) is 0 Å². The van der Waals surface area contributed by atoms with Crippen molar-refractivity contribution in [1.82, 2.24) is 19.8 Å². The number of hydrogen-bond donors (Lipinski definition) is 1. The van der Waals surface area contributed by atoms with Gasteiger partial charge in [-0.2, -0.15) is 0 Å². The molecule has 0 spiro atoms. The van der Waals surface area contributed by atoms with E-state index < -0.39 is 0 Å². The fourth-order valence-electron chi connectivity index (χ4n) is 5.52. The minimum atomic E-state index is 0.0370. The molecule has 1 N–H and O–H groups in total. The van der Waals surface area contributed by atoms with Crippen LogP contribution in [0.25, 0.3) is 0 Å². The average molecular weight is 431 g/mol. The van der Waals surface area contributed by atoms with Crippen LogP contribution in [-0.2, 0) is 6.54 Å². The van der Waals surface area contributed by atoms with Gasteiger partial charge in [-0.25, -0.2) is 0 Å². The Labute approximate surface area is 190 Å². The summed E-state index contributed by atoms with van der Waals surface area (Å²) in [4.78, 5) is 7.05. The van der Waals surface area contributed by atoms with E-state index >= 15 is 0 Å². The second-order valence-corrected chi connectivity index (χ2v) is 9.26. The number of aryl methyl sites for hydroxylation is 1. The number of rotatable bonds is 5. The molecule has 1 aliphatic carbocycles. The standard InChI is InChI=1S/C26H30N4S/c1-18-16-22(19(2)30(18)21-12-6-7-13-21)25-24(23-14-8-9-15-27-23)28-26(31)29(25)17-20-10-4-3-5-11-20/h3-5,8-11,14-16,21,24-25H,6-7,12-13,17H2,1-2H3,(H,28,31)/t24-,25+/m0/s1. The summed E-state index contributed by atoms with van der Waals surface area (Å²) in [6.07, 6.45) is 7.12. The molecule has 0 bridgehead atoms. The van der Waals surface area contributed by atoms with Crippen LogP contribution in [0.1, 0.15) is 72.0 Å². The lowest BCUT2D eigenvalue weighted by Crippen LogP contribution is -2.29. The van der Waals surface area contributed by atoms with Gasteiger partial charge in [-0.15, -0.1) is 0 Å². The molecule has 31 heavy (non-hydrogen) atoms. The van der Waals surface area contributed by atoms with Crippen molar-refractivity contribution in [2.45, 2.75) is 64.2 Å². The second-order valence-electron chi connectivity index (χ2n) is 8.87. The van der Waals surface area contributed by atoms with Gasteiger partial charge in [0.15, 0.2) is 5.11 Å². The number of hydrogen-bond acceptors (Lipinski definition) is 2. The van der Waals surface area contributed by atoms with E-state index in [1.807, 2.05) is 12.3 Å². The normalized spacial score (nSPS) is 21.6. The van der Waals surface area contributed by atoms with Crippen molar-refractivity contribution in [3.63, 3.8) is 0 Å². The van der Waals surface area contributed by atoms with Gasteiger partial charge < -0.3 is 14.8 Å². The van der Waals surface area contributed by atoms with Crippen molar-refractivity contribution >= 4 is 17.3 Å². The van der Waals surface area contributed by atoms with Gasteiger partial charge in [0, 0.05) is 30.2 Å². The Balaban J connectivity index is 1.58. The zero-order valence-electron chi connectivity index (χ0n) is 18.3. The van der Waals surface area contributed by atoms with Gasteiger partial charge in [0.05, 0.1) is 17.8 Å². The summed E-state index contributed by atoms with van der Waals surface area (Å²) in [5, 5.41) is 4.40. The van der Waals surface area contributed by atoms with Crippen molar-refractivity contribution in [2.75, 3.05) is 0 Å². The third-order valence-corrected chi connectivity index (χ3v) is 7.28. The number of benzene rings is 1. The number of thiocarbonyl (C=S) groups is 1. The Morgan fingerprint density at radius 3 is 2.48 bits per heavy atom. The first-order chi connectivity index (χ1) is 15.1. The molecule has 2 atom stereocenters. The molecule has 1 saturated carbocycles. The summed E-state index contributed by atoms with van der Waals surface area (Å²) < 4.78 is 2.58. The lowest BCUT2D eigenvalue weighted by Gasteiger charge is -2.28. The highest BCUT2D eigenvalue weighted by Crippen LogP contribution is 2.43. The van der Waals surface area contributed by atoms with Crippen molar-refractivity contribution in [1.29, 1.82) is 0 Å². The smallest absolute Gasteiger partial charge is 0.170 e. The van der Waals surface area contributed by atoms with Crippen LogP contribution in [-0.4, -0.2) is 19.6 Å². The molecule has 2 aromatic heterocycles. The van der Waals surface area contributed by atoms with Crippen molar-refractivity contribution in [3.8, 4) is 0 Å². The minimum Gasteiger partial charge on any atom is -0.352 e. The molecular formula is C26H30N4S. The summed E-state index contributed by atoms with van der Waals surface area (Å²) in [5.74, 6) is 0. The fourth-order valence-corrected chi connectivity index (χ4v) is 5.83. The Bertz CT molecular complexity index is 1050. The molecule has 2 aliphatic rings. The molecule has 1 saturated heterocycles. The van der Waals surface area contributed by atoms with Gasteiger partial charge in [0.2, 0.25) is 0 Å². The molecule has 0 unspecified atom stereocenters. The average Bonchev–Trinajstić information content (AvgIpc) is 3.49. The summed E-state index contributed by atoms with van der Waals surface area (Å²) >= 11 is 5.86. The molecule has 160 valence electrons. The van der Waals surface area contributed by atoms with E-state index in [0.29, 0.717) is 6.04 Å². The van der Waals surface area contributed by atoms with Crippen molar-refractivity contribution < 1.29 is 0 Å². The van der Waals surface area contributed by atoms with E-state index in [9.17, 15) is 0 Å². The Kier molecular flexibility index (Phi) is 5.53. The molecule has 2 fully saturated rings. The monoisotopic (exact) mass is 430 g/mol. The maximum absolute atomic E-state index is 5.86. The molecule has 5 heteroatoms. The minimum absolute atomic E-state index is 0.0370. The maximum atomic E-state index is 5.86. The van der Waals surface area contributed by atoms with Crippen LogP contribution in [0.15, 0.2) is 60.8 Å². The Morgan fingerprint density at radius 2 is 1.77 bits per heavy atom. The Hall–Kier alpha value is -2.66. The third kappa shape index (κ3) is 3.76. The summed E-state index contributed by atoms with van der Waals surface area (Å²) in [7, 11) is 0. The molecule has 0 amide bonds. The first-order valence-corrected chi connectivity index (χ1v) is 11.7. The SMILES string of the molecule is Cc1cc([C@@H]2[C@H](c3ccccn3)NC(=S)N2Cc2ccccc2)c(C)n1C1CCCC1. The van der Waals surface area contributed by atoms with Crippen molar-refractivity contribution in [2.24, 2.45) is 0 Å². The first-order valence-electron chi connectivity index (χ1n) is 11.3. The van der Waals surface area contributed by atoms with E-state index in [1.165, 1.54) is 48.2 Å². The highest BCUT2D eigenvalue weighted by Gasteiger charge is 2.41. The molecule has 3 heterocycles. The predicted molar refractivity (Wildman–Crippen MR) is 129 cm³/mol. The molecule has 1 aromatic carbocycles.